The van der Waals surface area contributed by atoms with Crippen molar-refractivity contribution >= 4 is 43.7 Å². The van der Waals surface area contributed by atoms with E-state index in [1.807, 2.05) is 133 Å². The third kappa shape index (κ3) is 5.31. The molecule has 0 saturated heterocycles. The molecule has 4 heterocycles. The lowest BCUT2D eigenvalue weighted by Gasteiger charge is -2.11. The van der Waals surface area contributed by atoms with Crippen molar-refractivity contribution in [2.24, 2.45) is 0 Å². The minimum absolute atomic E-state index is 0.538. The predicted molar refractivity (Wildman–Crippen MR) is 222 cm³/mol. The van der Waals surface area contributed by atoms with E-state index in [9.17, 15) is 0 Å². The Morgan fingerprint density at radius 2 is 0.821 bits per heavy atom. The average molecular weight is 720 g/mol. The van der Waals surface area contributed by atoms with Crippen molar-refractivity contribution in [1.29, 1.82) is 0 Å². The molecule has 4 aromatic heterocycles. The van der Waals surface area contributed by atoms with Crippen LogP contribution in [0.4, 0.5) is 0 Å². The van der Waals surface area contributed by atoms with Gasteiger partial charge >= 0.3 is 0 Å². The molecule has 0 bridgehead atoms. The summed E-state index contributed by atoms with van der Waals surface area (Å²) < 4.78 is 8.61. The molecule has 0 aliphatic carbocycles. The first-order valence-electron chi connectivity index (χ1n) is 18.4. The molecule has 0 saturated carbocycles. The summed E-state index contributed by atoms with van der Waals surface area (Å²) in [7, 11) is 0. The quantitative estimate of drug-likeness (QED) is 0.169. The van der Waals surface area contributed by atoms with Gasteiger partial charge in [-0.25, -0.2) is 19.9 Å². The lowest BCUT2D eigenvalue weighted by Crippen LogP contribution is -2.06. The van der Waals surface area contributed by atoms with Gasteiger partial charge in [0.15, 0.2) is 29.1 Å². The minimum Gasteiger partial charge on any atom is -0.456 e. The van der Waals surface area contributed by atoms with Crippen LogP contribution in [-0.4, -0.2) is 34.5 Å². The summed E-state index contributed by atoms with van der Waals surface area (Å²) in [6.07, 6.45) is 0. The lowest BCUT2D eigenvalue weighted by atomic mass is 10.0. The summed E-state index contributed by atoms with van der Waals surface area (Å²) in [6.45, 7) is 0. The Bertz CT molecular complexity index is 3140. The molecular weight excluding hydrogens is 691 g/mol. The number of benzene rings is 7. The van der Waals surface area contributed by atoms with E-state index >= 15 is 0 Å². The third-order valence-electron chi connectivity index (χ3n) is 10.1. The molecular formula is C48H29N7O. The van der Waals surface area contributed by atoms with Crippen molar-refractivity contribution in [1.82, 2.24) is 34.5 Å². The van der Waals surface area contributed by atoms with Gasteiger partial charge in [0.25, 0.3) is 0 Å². The highest BCUT2D eigenvalue weighted by molar-refractivity contribution is 6.13. The van der Waals surface area contributed by atoms with Gasteiger partial charge in [0.1, 0.15) is 11.2 Å². The summed E-state index contributed by atoms with van der Waals surface area (Å²) >= 11 is 0. The smallest absolute Gasteiger partial charge is 0.238 e. The molecule has 0 aliphatic rings. The Morgan fingerprint density at radius 1 is 0.339 bits per heavy atom. The number of aromatic nitrogens is 7. The first-order chi connectivity index (χ1) is 27.7. The standard InChI is InChI=1S/C48H29N7O/c1-4-15-30(16-5-1)43-49-44(31-17-6-2-7-18-31)52-47(51-43)36-23-14-26-41-42(36)37-29-33(27-28-40(37)56-41)46-50-45(32-19-8-3-9-20-32)53-48(54-46)55-38-24-12-10-21-34(38)35-22-11-13-25-39(35)55/h1-29H. The van der Waals surface area contributed by atoms with Gasteiger partial charge < -0.3 is 4.42 Å². The monoisotopic (exact) mass is 719 g/mol. The second-order valence-corrected chi connectivity index (χ2v) is 13.5. The first-order valence-corrected chi connectivity index (χ1v) is 18.4. The van der Waals surface area contributed by atoms with E-state index in [4.69, 9.17) is 34.3 Å². The molecule has 0 amide bonds. The summed E-state index contributed by atoms with van der Waals surface area (Å²) in [5, 5.41) is 4.06. The zero-order valence-electron chi connectivity index (χ0n) is 29.8. The third-order valence-corrected chi connectivity index (χ3v) is 10.1. The van der Waals surface area contributed by atoms with Crippen molar-refractivity contribution in [3.63, 3.8) is 0 Å². The second-order valence-electron chi connectivity index (χ2n) is 13.5. The molecule has 0 spiro atoms. The summed E-state index contributed by atoms with van der Waals surface area (Å²) in [6, 6.07) is 58.8. The maximum atomic E-state index is 6.48. The molecule has 8 heteroatoms. The molecule has 11 aromatic rings. The van der Waals surface area contributed by atoms with Crippen LogP contribution in [0, 0.1) is 0 Å². The van der Waals surface area contributed by atoms with Gasteiger partial charge in [-0.1, -0.05) is 140 Å². The van der Waals surface area contributed by atoms with Gasteiger partial charge in [0.05, 0.1) is 11.0 Å². The van der Waals surface area contributed by atoms with Crippen molar-refractivity contribution in [3.05, 3.63) is 176 Å². The highest BCUT2D eigenvalue weighted by atomic mass is 16.3. The number of fused-ring (bicyclic) bond motifs is 6. The highest BCUT2D eigenvalue weighted by Crippen LogP contribution is 2.39. The summed E-state index contributed by atoms with van der Waals surface area (Å²) in [5.41, 5.74) is 7.87. The zero-order valence-corrected chi connectivity index (χ0v) is 29.8. The van der Waals surface area contributed by atoms with Crippen LogP contribution in [0.2, 0.25) is 0 Å². The Hall–Kier alpha value is -7.84. The van der Waals surface area contributed by atoms with Gasteiger partial charge in [-0.05, 0) is 36.4 Å². The molecule has 0 radical (unpaired) electrons. The van der Waals surface area contributed by atoms with Gasteiger partial charge in [0, 0.05) is 49.4 Å². The summed E-state index contributed by atoms with van der Waals surface area (Å²) in [4.78, 5) is 30.4. The molecule has 56 heavy (non-hydrogen) atoms. The molecule has 262 valence electrons. The number of furan rings is 1. The number of para-hydroxylation sites is 2. The number of rotatable bonds is 6. The van der Waals surface area contributed by atoms with Gasteiger partial charge in [0.2, 0.25) is 5.95 Å². The molecule has 8 nitrogen and oxygen atoms in total. The fourth-order valence-corrected chi connectivity index (χ4v) is 7.53. The molecule has 11 rings (SSSR count). The van der Waals surface area contributed by atoms with Gasteiger partial charge in [-0.2, -0.15) is 9.97 Å². The molecule has 0 atom stereocenters. The van der Waals surface area contributed by atoms with Gasteiger partial charge in [-0.15, -0.1) is 0 Å². The Morgan fingerprint density at radius 3 is 1.39 bits per heavy atom. The molecule has 0 aliphatic heterocycles. The largest absolute Gasteiger partial charge is 0.456 e. The highest BCUT2D eigenvalue weighted by Gasteiger charge is 2.21. The fourth-order valence-electron chi connectivity index (χ4n) is 7.53. The van der Waals surface area contributed by atoms with Crippen molar-refractivity contribution in [2.75, 3.05) is 0 Å². The SMILES string of the molecule is c1ccc(-c2nc(-c3ccccc3)nc(-c3cccc4oc5ccc(-c6nc(-c7ccccc7)nc(-n7c8ccccc8c8ccccc87)n6)cc5c34)n2)cc1. The van der Waals surface area contributed by atoms with Crippen LogP contribution < -0.4 is 0 Å². The van der Waals surface area contributed by atoms with E-state index in [1.54, 1.807) is 0 Å². The predicted octanol–water partition coefficient (Wildman–Crippen LogP) is 11.4. The second kappa shape index (κ2) is 12.9. The van der Waals surface area contributed by atoms with E-state index in [0.29, 0.717) is 35.1 Å². The fraction of sp³-hybridized carbons (Fsp3) is 0. The van der Waals surface area contributed by atoms with Crippen LogP contribution in [0.5, 0.6) is 0 Å². The van der Waals surface area contributed by atoms with Crippen LogP contribution in [0.3, 0.4) is 0 Å². The van der Waals surface area contributed by atoms with Crippen molar-refractivity contribution < 1.29 is 4.42 Å². The number of nitrogens with zero attached hydrogens (tertiary/aromatic N) is 7. The van der Waals surface area contributed by atoms with E-state index in [0.717, 1.165) is 71.6 Å². The molecule has 0 N–H and O–H groups in total. The van der Waals surface area contributed by atoms with Crippen molar-refractivity contribution in [2.45, 2.75) is 0 Å². The van der Waals surface area contributed by atoms with E-state index in [-0.39, 0.29) is 0 Å². The maximum Gasteiger partial charge on any atom is 0.238 e. The molecule has 0 unspecified atom stereocenters. The Kier molecular flexibility index (Phi) is 7.31. The van der Waals surface area contributed by atoms with Crippen LogP contribution in [0.1, 0.15) is 0 Å². The van der Waals surface area contributed by atoms with Crippen LogP contribution in [0.15, 0.2) is 180 Å². The number of hydrogen-bond acceptors (Lipinski definition) is 7. The molecule has 0 fully saturated rings. The topological polar surface area (TPSA) is 95.4 Å². The first kappa shape index (κ1) is 31.7. The van der Waals surface area contributed by atoms with Crippen LogP contribution >= 0.6 is 0 Å². The van der Waals surface area contributed by atoms with Crippen LogP contribution in [-0.2, 0) is 0 Å². The average Bonchev–Trinajstić information content (AvgIpc) is 3.83. The normalized spacial score (nSPS) is 11.6. The van der Waals surface area contributed by atoms with E-state index in [1.165, 1.54) is 0 Å². The Balaban J connectivity index is 1.13. The summed E-state index contributed by atoms with van der Waals surface area (Å²) in [5.74, 6) is 3.40. The number of hydrogen-bond donors (Lipinski definition) is 0. The minimum atomic E-state index is 0.538. The van der Waals surface area contributed by atoms with Crippen LogP contribution in [0.25, 0.3) is 107 Å². The zero-order chi connectivity index (χ0) is 37.0. The van der Waals surface area contributed by atoms with Crippen molar-refractivity contribution in [3.8, 4) is 62.9 Å². The molecule has 7 aromatic carbocycles. The maximum absolute atomic E-state index is 6.48. The van der Waals surface area contributed by atoms with Gasteiger partial charge in [-0.3, -0.25) is 4.57 Å². The Labute approximate surface area is 320 Å². The van der Waals surface area contributed by atoms with E-state index in [2.05, 4.69) is 47.0 Å². The van der Waals surface area contributed by atoms with E-state index < -0.39 is 0 Å². The lowest BCUT2D eigenvalue weighted by molar-refractivity contribution is 0.669.